The molecule has 0 aromatic heterocycles. The minimum atomic E-state index is 0.0272. The first-order valence-corrected chi connectivity index (χ1v) is 7.07. The van der Waals surface area contributed by atoms with Gasteiger partial charge in [-0.3, -0.25) is 0 Å². The number of hydrogen-bond donors (Lipinski definition) is 0. The van der Waals surface area contributed by atoms with E-state index in [0.717, 1.165) is 12.2 Å². The van der Waals surface area contributed by atoms with Gasteiger partial charge in [0.2, 0.25) is 0 Å². The van der Waals surface area contributed by atoms with Crippen molar-refractivity contribution in [3.8, 4) is 5.75 Å². The molecule has 0 heterocycles. The van der Waals surface area contributed by atoms with Gasteiger partial charge in [-0.15, -0.1) is 11.6 Å². The van der Waals surface area contributed by atoms with Crippen LogP contribution in [-0.4, -0.2) is 24.2 Å². The normalized spacial score (nSPS) is 27.1. The highest BCUT2D eigenvalue weighted by Crippen LogP contribution is 2.33. The Morgan fingerprint density at radius 3 is 2.78 bits per heavy atom. The third-order valence-electron chi connectivity index (χ3n) is 3.35. The summed E-state index contributed by atoms with van der Waals surface area (Å²) in [5.74, 6) is 1.43. The summed E-state index contributed by atoms with van der Waals surface area (Å²) in [5.41, 5.74) is 1.29. The smallest absolute Gasteiger partial charge is 0.128 e. The maximum absolute atomic E-state index is 6.13. The number of hydrogen-bond acceptors (Lipinski definition) is 2. The van der Waals surface area contributed by atoms with Crippen LogP contribution in [-0.2, 0) is 4.74 Å². The van der Waals surface area contributed by atoms with E-state index in [-0.39, 0.29) is 17.6 Å². The van der Waals surface area contributed by atoms with E-state index in [1.165, 1.54) is 5.56 Å². The molecule has 3 heteroatoms. The van der Waals surface area contributed by atoms with E-state index in [1.807, 2.05) is 19.1 Å². The SMILES string of the molecule is CCOC1C(Cl)CC1Oc1cccc(C(C)C)c1. The Kier molecular flexibility index (Phi) is 4.52. The fourth-order valence-corrected chi connectivity index (χ4v) is 2.58. The van der Waals surface area contributed by atoms with E-state index in [4.69, 9.17) is 21.1 Å². The van der Waals surface area contributed by atoms with Crippen LogP contribution in [0.4, 0.5) is 0 Å². The predicted molar refractivity (Wildman–Crippen MR) is 74.6 cm³/mol. The minimum absolute atomic E-state index is 0.0272. The zero-order valence-electron chi connectivity index (χ0n) is 11.2. The molecule has 0 bridgehead atoms. The predicted octanol–water partition coefficient (Wildman–Crippen LogP) is 3.97. The molecule has 0 spiro atoms. The molecule has 2 rings (SSSR count). The monoisotopic (exact) mass is 268 g/mol. The highest BCUT2D eigenvalue weighted by atomic mass is 35.5. The molecular weight excluding hydrogens is 248 g/mol. The maximum Gasteiger partial charge on any atom is 0.128 e. The van der Waals surface area contributed by atoms with Gasteiger partial charge in [0.15, 0.2) is 0 Å². The molecule has 0 saturated heterocycles. The zero-order chi connectivity index (χ0) is 13.1. The molecule has 1 aromatic carbocycles. The van der Waals surface area contributed by atoms with Gasteiger partial charge in [-0.05, 0) is 30.5 Å². The molecule has 3 atom stereocenters. The van der Waals surface area contributed by atoms with Gasteiger partial charge in [-0.25, -0.2) is 0 Å². The first-order valence-electron chi connectivity index (χ1n) is 6.64. The van der Waals surface area contributed by atoms with Crippen LogP contribution < -0.4 is 4.74 Å². The molecule has 100 valence electrons. The van der Waals surface area contributed by atoms with Crippen LogP contribution in [0.15, 0.2) is 24.3 Å². The minimum Gasteiger partial charge on any atom is -0.488 e. The Morgan fingerprint density at radius 1 is 1.39 bits per heavy atom. The van der Waals surface area contributed by atoms with Crippen LogP contribution in [0.5, 0.6) is 5.75 Å². The molecule has 1 aliphatic rings. The lowest BCUT2D eigenvalue weighted by molar-refractivity contribution is -0.0759. The average molecular weight is 269 g/mol. The van der Waals surface area contributed by atoms with Crippen molar-refractivity contribution in [1.29, 1.82) is 0 Å². The van der Waals surface area contributed by atoms with Crippen LogP contribution in [0.2, 0.25) is 0 Å². The van der Waals surface area contributed by atoms with Gasteiger partial charge in [-0.1, -0.05) is 26.0 Å². The van der Waals surface area contributed by atoms with Crippen molar-refractivity contribution in [2.24, 2.45) is 0 Å². The van der Waals surface area contributed by atoms with Crippen molar-refractivity contribution < 1.29 is 9.47 Å². The van der Waals surface area contributed by atoms with E-state index in [9.17, 15) is 0 Å². The van der Waals surface area contributed by atoms with E-state index >= 15 is 0 Å². The third-order valence-corrected chi connectivity index (χ3v) is 3.78. The molecule has 2 nitrogen and oxygen atoms in total. The summed E-state index contributed by atoms with van der Waals surface area (Å²) >= 11 is 6.13. The van der Waals surface area contributed by atoms with E-state index in [1.54, 1.807) is 0 Å². The number of halogens is 1. The highest BCUT2D eigenvalue weighted by Gasteiger charge is 2.42. The average Bonchev–Trinajstić information content (AvgIpc) is 2.36. The van der Waals surface area contributed by atoms with Crippen molar-refractivity contribution in [3.63, 3.8) is 0 Å². The zero-order valence-corrected chi connectivity index (χ0v) is 12.0. The quantitative estimate of drug-likeness (QED) is 0.752. The number of ether oxygens (including phenoxy) is 2. The lowest BCUT2D eigenvalue weighted by atomic mass is 9.91. The summed E-state index contributed by atoms with van der Waals surface area (Å²) in [6.07, 6.45) is 0.979. The van der Waals surface area contributed by atoms with Crippen LogP contribution >= 0.6 is 11.6 Å². The second kappa shape index (κ2) is 5.94. The Morgan fingerprint density at radius 2 is 2.17 bits per heavy atom. The van der Waals surface area contributed by atoms with Gasteiger partial charge >= 0.3 is 0 Å². The molecule has 0 amide bonds. The van der Waals surface area contributed by atoms with Gasteiger partial charge in [0.1, 0.15) is 18.0 Å². The van der Waals surface area contributed by atoms with Gasteiger partial charge in [0.05, 0.1) is 5.38 Å². The van der Waals surface area contributed by atoms with Gasteiger partial charge < -0.3 is 9.47 Å². The van der Waals surface area contributed by atoms with Crippen LogP contribution in [0.25, 0.3) is 0 Å². The van der Waals surface area contributed by atoms with Gasteiger partial charge in [-0.2, -0.15) is 0 Å². The Bertz CT molecular complexity index is 392. The van der Waals surface area contributed by atoms with E-state index in [2.05, 4.69) is 26.0 Å². The van der Waals surface area contributed by atoms with Crippen molar-refractivity contribution in [3.05, 3.63) is 29.8 Å². The molecule has 1 saturated carbocycles. The lowest BCUT2D eigenvalue weighted by Crippen LogP contribution is -2.52. The summed E-state index contributed by atoms with van der Waals surface area (Å²) in [5, 5.41) is 0.0863. The largest absolute Gasteiger partial charge is 0.488 e. The van der Waals surface area contributed by atoms with Crippen molar-refractivity contribution in [1.82, 2.24) is 0 Å². The standard InChI is InChI=1S/C15H21ClO2/c1-4-17-15-13(16)9-14(15)18-12-7-5-6-11(8-12)10(2)3/h5-8,10,13-15H,4,9H2,1-3H3. The van der Waals surface area contributed by atoms with Gasteiger partial charge in [0, 0.05) is 13.0 Å². The van der Waals surface area contributed by atoms with Crippen molar-refractivity contribution in [2.75, 3.05) is 6.61 Å². The summed E-state index contributed by atoms with van der Waals surface area (Å²) in [7, 11) is 0. The summed E-state index contributed by atoms with van der Waals surface area (Å²) in [6.45, 7) is 7.03. The molecule has 1 aliphatic carbocycles. The Labute approximate surface area is 114 Å². The number of rotatable bonds is 5. The maximum atomic E-state index is 6.13. The second-order valence-corrected chi connectivity index (χ2v) is 5.62. The second-order valence-electron chi connectivity index (χ2n) is 5.06. The molecule has 18 heavy (non-hydrogen) atoms. The molecule has 0 radical (unpaired) electrons. The molecule has 0 N–H and O–H groups in total. The summed E-state index contributed by atoms with van der Waals surface area (Å²) < 4.78 is 11.6. The van der Waals surface area contributed by atoms with E-state index in [0.29, 0.717) is 12.5 Å². The molecule has 3 unspecified atom stereocenters. The van der Waals surface area contributed by atoms with E-state index < -0.39 is 0 Å². The first kappa shape index (κ1) is 13.7. The first-order chi connectivity index (χ1) is 8.61. The summed E-state index contributed by atoms with van der Waals surface area (Å²) in [4.78, 5) is 0. The Hall–Kier alpha value is -0.730. The molecule has 1 aromatic rings. The van der Waals surface area contributed by atoms with Crippen LogP contribution in [0, 0.1) is 0 Å². The number of benzene rings is 1. The summed E-state index contributed by atoms with van der Waals surface area (Å²) in [6, 6.07) is 8.27. The van der Waals surface area contributed by atoms with Crippen LogP contribution in [0.1, 0.15) is 38.7 Å². The van der Waals surface area contributed by atoms with Crippen LogP contribution in [0.3, 0.4) is 0 Å². The fourth-order valence-electron chi connectivity index (χ4n) is 2.17. The molecule has 0 aliphatic heterocycles. The molecule has 1 fully saturated rings. The highest BCUT2D eigenvalue weighted by molar-refractivity contribution is 6.21. The molecular formula is C15H21ClO2. The topological polar surface area (TPSA) is 18.5 Å². The fraction of sp³-hybridized carbons (Fsp3) is 0.600. The lowest BCUT2D eigenvalue weighted by Gasteiger charge is -2.40. The number of alkyl halides is 1. The third kappa shape index (κ3) is 2.99. The van der Waals surface area contributed by atoms with Gasteiger partial charge in [0.25, 0.3) is 0 Å². The van der Waals surface area contributed by atoms with Crippen molar-refractivity contribution >= 4 is 11.6 Å². The Balaban J connectivity index is 1.99. The van der Waals surface area contributed by atoms with Crippen molar-refractivity contribution in [2.45, 2.75) is 50.7 Å².